The van der Waals surface area contributed by atoms with Crippen molar-refractivity contribution in [3.63, 3.8) is 0 Å². The van der Waals surface area contributed by atoms with Gasteiger partial charge in [0.05, 0.1) is 5.56 Å². The van der Waals surface area contributed by atoms with Crippen molar-refractivity contribution in [2.24, 2.45) is 0 Å². The molecular weight excluding hydrogens is 350 g/mol. The van der Waals surface area contributed by atoms with Gasteiger partial charge in [0.1, 0.15) is 11.5 Å². The number of Topliss-reactive ketones (excluding diaryl/α,β-unsaturated/α-hetero) is 1. The fourth-order valence-corrected chi connectivity index (χ4v) is 3.16. The van der Waals surface area contributed by atoms with Gasteiger partial charge in [0.15, 0.2) is 18.2 Å². The Hall–Kier alpha value is -3.09. The molecule has 7 nitrogen and oxygen atoms in total. The molecule has 0 unspecified atom stereocenters. The first-order chi connectivity index (χ1) is 13.0. The molecule has 1 heterocycles. The van der Waals surface area contributed by atoms with Crippen LogP contribution in [-0.4, -0.2) is 35.9 Å². The highest BCUT2D eigenvalue weighted by atomic mass is 16.5. The Balaban J connectivity index is 1.54. The number of rotatable bonds is 7. The number of carboxylic acids is 1. The van der Waals surface area contributed by atoms with Crippen LogP contribution in [0.3, 0.4) is 0 Å². The minimum absolute atomic E-state index is 0.0433. The van der Waals surface area contributed by atoms with Crippen LogP contribution in [0, 0.1) is 6.92 Å². The van der Waals surface area contributed by atoms with Gasteiger partial charge in [-0.3, -0.25) is 9.59 Å². The average molecular weight is 371 g/mol. The average Bonchev–Trinajstić information content (AvgIpc) is 2.99. The maximum atomic E-state index is 12.4. The van der Waals surface area contributed by atoms with E-state index >= 15 is 0 Å². The van der Waals surface area contributed by atoms with Gasteiger partial charge in [0.2, 0.25) is 0 Å². The third-order valence-electron chi connectivity index (χ3n) is 4.50. The van der Waals surface area contributed by atoms with Gasteiger partial charge < -0.3 is 19.6 Å². The Morgan fingerprint density at radius 3 is 2.63 bits per heavy atom. The maximum absolute atomic E-state index is 12.4. The lowest BCUT2D eigenvalue weighted by Gasteiger charge is -2.07. The Morgan fingerprint density at radius 2 is 1.96 bits per heavy atom. The molecule has 2 aromatic rings. The number of aliphatic carboxylic acids is 1. The summed E-state index contributed by atoms with van der Waals surface area (Å²) in [6.45, 7) is 1.77. The summed E-state index contributed by atoms with van der Waals surface area (Å²) >= 11 is 0. The van der Waals surface area contributed by atoms with Crippen LogP contribution in [0.1, 0.15) is 50.6 Å². The van der Waals surface area contributed by atoms with Gasteiger partial charge in [-0.05, 0) is 37.5 Å². The molecule has 1 aromatic carbocycles. The molecule has 1 aliphatic carbocycles. The minimum atomic E-state index is -1.03. The second kappa shape index (κ2) is 8.07. The fourth-order valence-electron chi connectivity index (χ4n) is 3.16. The molecule has 0 saturated heterocycles. The SMILES string of the molecule is Cc1c(C(=O)NCCc2ccc(OCC(=O)O)cc2)oc2c1C(=O)CCC2. The van der Waals surface area contributed by atoms with E-state index in [1.807, 2.05) is 12.1 Å². The highest BCUT2D eigenvalue weighted by Crippen LogP contribution is 2.29. The molecule has 0 bridgehead atoms. The number of hydrogen-bond donors (Lipinski definition) is 2. The van der Waals surface area contributed by atoms with Gasteiger partial charge in [-0.15, -0.1) is 0 Å². The van der Waals surface area contributed by atoms with Crippen molar-refractivity contribution in [2.75, 3.05) is 13.2 Å². The predicted molar refractivity (Wildman–Crippen MR) is 96.3 cm³/mol. The van der Waals surface area contributed by atoms with Gasteiger partial charge in [-0.25, -0.2) is 4.79 Å². The summed E-state index contributed by atoms with van der Waals surface area (Å²) in [7, 11) is 0. The lowest BCUT2D eigenvalue weighted by Crippen LogP contribution is -2.26. The highest BCUT2D eigenvalue weighted by Gasteiger charge is 2.28. The lowest BCUT2D eigenvalue weighted by atomic mass is 9.94. The molecule has 7 heteroatoms. The largest absolute Gasteiger partial charge is 0.482 e. The van der Waals surface area contributed by atoms with E-state index in [2.05, 4.69) is 5.32 Å². The van der Waals surface area contributed by atoms with Crippen LogP contribution in [0.15, 0.2) is 28.7 Å². The Morgan fingerprint density at radius 1 is 1.22 bits per heavy atom. The summed E-state index contributed by atoms with van der Waals surface area (Å²) in [6, 6.07) is 7.02. The fraction of sp³-hybridized carbons (Fsp3) is 0.350. The number of fused-ring (bicyclic) bond motifs is 1. The van der Waals surface area contributed by atoms with Gasteiger partial charge in [-0.2, -0.15) is 0 Å². The van der Waals surface area contributed by atoms with Crippen molar-refractivity contribution in [1.82, 2.24) is 5.32 Å². The van der Waals surface area contributed by atoms with E-state index < -0.39 is 5.97 Å². The zero-order valence-corrected chi connectivity index (χ0v) is 15.0. The molecule has 2 N–H and O–H groups in total. The summed E-state index contributed by atoms with van der Waals surface area (Å²) in [5.41, 5.74) is 2.17. The summed E-state index contributed by atoms with van der Waals surface area (Å²) < 4.78 is 10.7. The number of nitrogens with one attached hydrogen (secondary N) is 1. The highest BCUT2D eigenvalue weighted by molar-refractivity contribution is 6.03. The van der Waals surface area contributed by atoms with Gasteiger partial charge in [-0.1, -0.05) is 12.1 Å². The number of carbonyl (C=O) groups excluding carboxylic acids is 2. The first kappa shape index (κ1) is 18.7. The number of furan rings is 1. The first-order valence-electron chi connectivity index (χ1n) is 8.83. The molecule has 0 atom stereocenters. The predicted octanol–water partition coefficient (Wildman–Crippen LogP) is 2.54. The second-order valence-corrected chi connectivity index (χ2v) is 6.46. The van der Waals surface area contributed by atoms with Crippen molar-refractivity contribution >= 4 is 17.7 Å². The number of ketones is 1. The van der Waals surface area contributed by atoms with Crippen LogP contribution in [0.25, 0.3) is 0 Å². The van der Waals surface area contributed by atoms with Crippen LogP contribution in [0.5, 0.6) is 5.75 Å². The van der Waals surface area contributed by atoms with Crippen molar-refractivity contribution in [3.05, 3.63) is 52.5 Å². The van der Waals surface area contributed by atoms with Crippen LogP contribution in [-0.2, 0) is 17.6 Å². The number of aryl methyl sites for hydroxylation is 1. The third-order valence-corrected chi connectivity index (χ3v) is 4.50. The first-order valence-corrected chi connectivity index (χ1v) is 8.83. The summed E-state index contributed by atoms with van der Waals surface area (Å²) in [4.78, 5) is 34.9. The third kappa shape index (κ3) is 4.36. The number of hydrogen-bond acceptors (Lipinski definition) is 5. The van der Waals surface area contributed by atoms with Crippen molar-refractivity contribution in [2.45, 2.75) is 32.6 Å². The Bertz CT molecular complexity index is 865. The Kier molecular flexibility index (Phi) is 5.59. The van der Waals surface area contributed by atoms with E-state index in [4.69, 9.17) is 14.3 Å². The van der Waals surface area contributed by atoms with E-state index in [-0.39, 0.29) is 24.1 Å². The molecule has 1 aromatic heterocycles. The van der Waals surface area contributed by atoms with Crippen molar-refractivity contribution < 1.29 is 28.6 Å². The molecule has 0 aliphatic heterocycles. The summed E-state index contributed by atoms with van der Waals surface area (Å²) in [5.74, 6) is 0.00131. The molecule has 142 valence electrons. The molecule has 0 saturated carbocycles. The zero-order valence-electron chi connectivity index (χ0n) is 15.0. The summed E-state index contributed by atoms with van der Waals surface area (Å²) in [5, 5.41) is 11.4. The van der Waals surface area contributed by atoms with E-state index in [0.29, 0.717) is 48.4 Å². The molecule has 3 rings (SSSR count). The lowest BCUT2D eigenvalue weighted by molar-refractivity contribution is -0.139. The number of benzene rings is 1. The van der Waals surface area contributed by atoms with Crippen molar-refractivity contribution in [3.8, 4) is 5.75 Å². The van der Waals surface area contributed by atoms with Crippen LogP contribution >= 0.6 is 0 Å². The minimum Gasteiger partial charge on any atom is -0.482 e. The number of ether oxygens (including phenoxy) is 1. The standard InChI is InChI=1S/C20H21NO6/c1-12-18-15(22)3-2-4-16(18)27-19(12)20(25)21-10-9-13-5-7-14(8-6-13)26-11-17(23)24/h5-8H,2-4,9-11H2,1H3,(H,21,25)(H,23,24). The van der Waals surface area contributed by atoms with Crippen LogP contribution < -0.4 is 10.1 Å². The summed E-state index contributed by atoms with van der Waals surface area (Å²) in [6.07, 6.45) is 2.54. The van der Waals surface area contributed by atoms with E-state index in [1.165, 1.54) is 0 Å². The molecule has 27 heavy (non-hydrogen) atoms. The molecule has 0 spiro atoms. The topological polar surface area (TPSA) is 106 Å². The van der Waals surface area contributed by atoms with Gasteiger partial charge in [0.25, 0.3) is 5.91 Å². The van der Waals surface area contributed by atoms with E-state index in [1.54, 1.807) is 19.1 Å². The second-order valence-electron chi connectivity index (χ2n) is 6.46. The van der Waals surface area contributed by atoms with E-state index in [9.17, 15) is 14.4 Å². The quantitative estimate of drug-likeness (QED) is 0.775. The monoisotopic (exact) mass is 371 g/mol. The number of amides is 1. The van der Waals surface area contributed by atoms with Crippen molar-refractivity contribution in [1.29, 1.82) is 0 Å². The maximum Gasteiger partial charge on any atom is 0.341 e. The van der Waals surface area contributed by atoms with Gasteiger partial charge >= 0.3 is 5.97 Å². The molecule has 0 fully saturated rings. The molecule has 0 radical (unpaired) electrons. The normalized spacial score (nSPS) is 13.1. The number of carbonyl (C=O) groups is 3. The van der Waals surface area contributed by atoms with E-state index in [0.717, 1.165) is 12.0 Å². The zero-order chi connectivity index (χ0) is 19.4. The van der Waals surface area contributed by atoms with Gasteiger partial charge in [0, 0.05) is 24.9 Å². The molecular formula is C20H21NO6. The number of carboxylic acid groups (broad SMARTS) is 1. The molecule has 1 amide bonds. The smallest absolute Gasteiger partial charge is 0.341 e. The van der Waals surface area contributed by atoms with Crippen LogP contribution in [0.4, 0.5) is 0 Å². The Labute approximate surface area is 156 Å². The molecule has 1 aliphatic rings. The van der Waals surface area contributed by atoms with Crippen LogP contribution in [0.2, 0.25) is 0 Å².